The minimum absolute atomic E-state index is 0.332. The largest absolute Gasteiger partial charge is 0.378 e. The van der Waals surface area contributed by atoms with E-state index in [2.05, 4.69) is 5.10 Å². The summed E-state index contributed by atoms with van der Waals surface area (Å²) in [5.74, 6) is -2.10. The highest BCUT2D eigenvalue weighted by atomic mass is 19.1. The first-order valence-corrected chi connectivity index (χ1v) is 7.10. The van der Waals surface area contributed by atoms with Gasteiger partial charge in [-0.2, -0.15) is 13.5 Å². The van der Waals surface area contributed by atoms with Crippen LogP contribution in [0, 0.1) is 11.8 Å². The van der Waals surface area contributed by atoms with Crippen molar-refractivity contribution >= 4 is 5.69 Å². The number of nitrogens with zero attached hydrogens (tertiary/aromatic N) is 3. The number of morpholine rings is 1. The average Bonchev–Trinajstić information content (AvgIpc) is 2.53. The maximum absolute atomic E-state index is 14.3. The molecule has 1 atom stereocenters. The molecular formula is C13H17F2N3O3. The van der Waals surface area contributed by atoms with Crippen LogP contribution in [-0.2, 0) is 9.47 Å². The zero-order valence-corrected chi connectivity index (χ0v) is 11.6. The summed E-state index contributed by atoms with van der Waals surface area (Å²) in [6, 6.07) is 0. The van der Waals surface area contributed by atoms with Crippen LogP contribution in [-0.4, -0.2) is 42.7 Å². The fourth-order valence-corrected chi connectivity index (χ4v) is 2.65. The summed E-state index contributed by atoms with van der Waals surface area (Å²) in [7, 11) is 0. The van der Waals surface area contributed by atoms with Crippen molar-refractivity contribution in [2.24, 2.45) is 0 Å². The normalized spacial score (nSPS) is 23.3. The lowest BCUT2D eigenvalue weighted by Gasteiger charge is -2.29. The highest BCUT2D eigenvalue weighted by Gasteiger charge is 2.27. The Kier molecular flexibility index (Phi) is 4.16. The Bertz CT molecular complexity index is 567. The van der Waals surface area contributed by atoms with Crippen molar-refractivity contribution in [3.05, 3.63) is 22.1 Å². The van der Waals surface area contributed by atoms with Crippen LogP contribution < -0.4 is 10.5 Å². The molecular weight excluding hydrogens is 284 g/mol. The zero-order valence-electron chi connectivity index (χ0n) is 11.6. The Morgan fingerprint density at radius 3 is 2.57 bits per heavy atom. The van der Waals surface area contributed by atoms with Crippen LogP contribution in [0.3, 0.4) is 0 Å². The lowest BCUT2D eigenvalue weighted by atomic mass is 10.2. The van der Waals surface area contributed by atoms with Crippen LogP contribution in [0.15, 0.2) is 4.79 Å². The maximum atomic E-state index is 14.3. The molecule has 1 aromatic heterocycles. The molecule has 2 aliphatic rings. The number of rotatable bonds is 2. The molecule has 8 heteroatoms. The Hall–Kier alpha value is -1.54. The van der Waals surface area contributed by atoms with E-state index in [1.165, 1.54) is 4.90 Å². The Morgan fingerprint density at radius 2 is 1.90 bits per heavy atom. The van der Waals surface area contributed by atoms with Crippen molar-refractivity contribution in [3.8, 4) is 0 Å². The van der Waals surface area contributed by atoms with Crippen LogP contribution in [0.25, 0.3) is 0 Å². The minimum atomic E-state index is -1.11. The Balaban J connectivity index is 1.96. The summed E-state index contributed by atoms with van der Waals surface area (Å²) in [5, 5.41) is 3.62. The molecule has 0 aromatic carbocycles. The minimum Gasteiger partial charge on any atom is -0.378 e. The van der Waals surface area contributed by atoms with Gasteiger partial charge in [0, 0.05) is 19.7 Å². The lowest BCUT2D eigenvalue weighted by Crippen LogP contribution is -2.41. The van der Waals surface area contributed by atoms with E-state index < -0.39 is 23.6 Å². The summed E-state index contributed by atoms with van der Waals surface area (Å²) < 4.78 is 39.8. The first kappa shape index (κ1) is 14.4. The van der Waals surface area contributed by atoms with Crippen molar-refractivity contribution < 1.29 is 18.3 Å². The summed E-state index contributed by atoms with van der Waals surface area (Å²) in [6.07, 6.45) is 1.56. The summed E-state index contributed by atoms with van der Waals surface area (Å²) in [5.41, 5.74) is -1.31. The van der Waals surface area contributed by atoms with Crippen molar-refractivity contribution in [2.45, 2.75) is 25.5 Å². The van der Waals surface area contributed by atoms with Crippen molar-refractivity contribution in [1.29, 1.82) is 0 Å². The molecule has 1 unspecified atom stereocenters. The smallest absolute Gasteiger partial charge is 0.307 e. The van der Waals surface area contributed by atoms with E-state index >= 15 is 0 Å². The molecule has 2 aliphatic heterocycles. The van der Waals surface area contributed by atoms with Gasteiger partial charge in [-0.15, -0.1) is 5.10 Å². The summed E-state index contributed by atoms with van der Waals surface area (Å²) in [6.45, 7) is 1.87. The van der Waals surface area contributed by atoms with Crippen LogP contribution >= 0.6 is 0 Å². The highest BCUT2D eigenvalue weighted by Crippen LogP contribution is 2.24. The maximum Gasteiger partial charge on any atom is 0.307 e. The van der Waals surface area contributed by atoms with E-state index in [0.717, 1.165) is 17.5 Å². The molecule has 1 aromatic rings. The van der Waals surface area contributed by atoms with E-state index in [1.54, 1.807) is 0 Å². The fraction of sp³-hybridized carbons (Fsp3) is 0.692. The molecule has 3 heterocycles. The molecule has 0 bridgehead atoms. The first-order valence-electron chi connectivity index (χ1n) is 7.10. The van der Waals surface area contributed by atoms with Crippen LogP contribution in [0.1, 0.15) is 25.5 Å². The van der Waals surface area contributed by atoms with E-state index in [0.29, 0.717) is 39.3 Å². The second kappa shape index (κ2) is 6.07. The highest BCUT2D eigenvalue weighted by molar-refractivity contribution is 5.46. The number of ether oxygens (including phenoxy) is 2. The number of hydrogen-bond acceptors (Lipinski definition) is 5. The van der Waals surface area contributed by atoms with Crippen LogP contribution in [0.2, 0.25) is 0 Å². The Labute approximate surface area is 120 Å². The molecule has 3 rings (SSSR count). The molecule has 0 saturated carbocycles. The molecule has 0 N–H and O–H groups in total. The van der Waals surface area contributed by atoms with Crippen LogP contribution in [0.4, 0.5) is 14.5 Å². The number of halogens is 2. The molecule has 21 heavy (non-hydrogen) atoms. The van der Waals surface area contributed by atoms with Gasteiger partial charge >= 0.3 is 5.56 Å². The van der Waals surface area contributed by atoms with Gasteiger partial charge in [0.25, 0.3) is 5.95 Å². The number of aromatic nitrogens is 2. The summed E-state index contributed by atoms with van der Waals surface area (Å²) in [4.78, 5) is 13.6. The summed E-state index contributed by atoms with van der Waals surface area (Å²) >= 11 is 0. The van der Waals surface area contributed by atoms with E-state index in [9.17, 15) is 13.6 Å². The predicted molar refractivity (Wildman–Crippen MR) is 70.3 cm³/mol. The van der Waals surface area contributed by atoms with Gasteiger partial charge in [-0.3, -0.25) is 4.79 Å². The van der Waals surface area contributed by atoms with E-state index in [1.807, 2.05) is 0 Å². The van der Waals surface area contributed by atoms with E-state index in [4.69, 9.17) is 9.47 Å². The predicted octanol–water partition coefficient (Wildman–Crippen LogP) is 1.06. The van der Waals surface area contributed by atoms with Gasteiger partial charge in [0.15, 0.2) is 6.23 Å². The van der Waals surface area contributed by atoms with Gasteiger partial charge in [0.05, 0.1) is 13.2 Å². The number of anilines is 1. The molecule has 2 fully saturated rings. The average molecular weight is 301 g/mol. The molecule has 6 nitrogen and oxygen atoms in total. The standard InChI is InChI=1S/C13H17F2N3O3/c14-10-11(17-4-7-20-8-5-17)12(15)16-18(13(10)19)9-3-1-2-6-21-9/h9H,1-8H2. The monoisotopic (exact) mass is 301 g/mol. The van der Waals surface area contributed by atoms with Gasteiger partial charge in [0.2, 0.25) is 5.82 Å². The molecule has 116 valence electrons. The van der Waals surface area contributed by atoms with Gasteiger partial charge in [0.1, 0.15) is 5.69 Å². The fourth-order valence-electron chi connectivity index (χ4n) is 2.65. The third-order valence-electron chi connectivity index (χ3n) is 3.75. The van der Waals surface area contributed by atoms with Gasteiger partial charge in [-0.25, -0.2) is 0 Å². The van der Waals surface area contributed by atoms with Gasteiger partial charge in [-0.05, 0) is 19.3 Å². The van der Waals surface area contributed by atoms with Crippen LogP contribution in [0.5, 0.6) is 0 Å². The first-order chi connectivity index (χ1) is 10.2. The second-order valence-corrected chi connectivity index (χ2v) is 5.12. The third-order valence-corrected chi connectivity index (χ3v) is 3.75. The van der Waals surface area contributed by atoms with Crippen molar-refractivity contribution in [3.63, 3.8) is 0 Å². The topological polar surface area (TPSA) is 56.6 Å². The molecule has 0 radical (unpaired) electrons. The second-order valence-electron chi connectivity index (χ2n) is 5.12. The van der Waals surface area contributed by atoms with Gasteiger partial charge < -0.3 is 14.4 Å². The SMILES string of the molecule is O=c1c(F)c(N2CCOCC2)c(F)nn1C1CCCCO1. The third kappa shape index (κ3) is 2.77. The van der Waals surface area contributed by atoms with Gasteiger partial charge in [-0.1, -0.05) is 0 Å². The lowest BCUT2D eigenvalue weighted by molar-refractivity contribution is -0.0444. The molecule has 0 spiro atoms. The molecule has 2 saturated heterocycles. The molecule has 0 amide bonds. The zero-order chi connectivity index (χ0) is 14.8. The molecule has 0 aliphatic carbocycles. The van der Waals surface area contributed by atoms with Crippen molar-refractivity contribution in [1.82, 2.24) is 9.78 Å². The quantitative estimate of drug-likeness (QED) is 0.817. The Morgan fingerprint density at radius 1 is 1.14 bits per heavy atom. The van der Waals surface area contributed by atoms with E-state index in [-0.39, 0.29) is 5.69 Å². The van der Waals surface area contributed by atoms with Crippen molar-refractivity contribution in [2.75, 3.05) is 37.8 Å². The number of hydrogen-bond donors (Lipinski definition) is 0.